The van der Waals surface area contributed by atoms with E-state index in [4.69, 9.17) is 28.4 Å². The van der Waals surface area contributed by atoms with Crippen molar-refractivity contribution in [2.45, 2.75) is 330 Å². The fourth-order valence-electron chi connectivity index (χ4n) is 11.2. The van der Waals surface area contributed by atoms with Crippen LogP contribution in [0.3, 0.4) is 0 Å². The number of unbranched alkanes of at least 4 members (excludes halogenated alkanes) is 24. The Hall–Kier alpha value is -2.51. The predicted octanol–water partition coefficient (Wildman–Crippen LogP) is 7.99. The Bertz CT molecular complexity index is 1800. The standard InChI is InChI=1S/C67H119NO18/c1-3-5-7-9-11-13-15-17-19-21-22-23-24-25-26-27-29-30-32-34-36-38-40-42-44-51(72)50(68-55(73)45-43-41-39-37-35-33-31-28-20-18-16-14-12-10-8-6-4-2)49-81-65-61(79)58(76)63(53(47-70)83-65)86-67-62(80)59(77)64(54(48-71)84-67)85-66-60(78)57(75)56(74)52(46-69)82-66/h6,8,12,14,18,20,31,33,37,39,50-54,56-67,69-72,74-80H,3-5,7,9-11,13,15-17,19,21-30,32,34-36,38,40-49H2,1-2H3,(H,68,73)/b8-6-,14-12-,20-18-,33-31-,39-37-. The third kappa shape index (κ3) is 31.5. The fraction of sp³-hybridized carbons (Fsp3) is 0.836. The lowest BCUT2D eigenvalue weighted by Gasteiger charge is -2.48. The maximum absolute atomic E-state index is 13.4. The van der Waals surface area contributed by atoms with Crippen LogP contribution in [0.1, 0.15) is 226 Å². The van der Waals surface area contributed by atoms with E-state index >= 15 is 0 Å². The van der Waals surface area contributed by atoms with Gasteiger partial charge in [-0.2, -0.15) is 0 Å². The van der Waals surface area contributed by atoms with Crippen LogP contribution in [0.5, 0.6) is 0 Å². The smallest absolute Gasteiger partial charge is 0.220 e. The first-order valence-electron chi connectivity index (χ1n) is 33.5. The number of hydrogen-bond acceptors (Lipinski definition) is 18. The molecular formula is C67H119NO18. The van der Waals surface area contributed by atoms with Crippen LogP contribution in [0.25, 0.3) is 0 Å². The molecule has 19 nitrogen and oxygen atoms in total. The minimum Gasteiger partial charge on any atom is -0.394 e. The molecule has 3 fully saturated rings. The molecule has 3 rings (SSSR count). The summed E-state index contributed by atoms with van der Waals surface area (Å²) in [7, 11) is 0. The van der Waals surface area contributed by atoms with Crippen molar-refractivity contribution in [2.24, 2.45) is 0 Å². The third-order valence-corrected chi connectivity index (χ3v) is 16.6. The van der Waals surface area contributed by atoms with Gasteiger partial charge in [0.15, 0.2) is 18.9 Å². The summed E-state index contributed by atoms with van der Waals surface area (Å²) in [4.78, 5) is 13.4. The second-order valence-corrected chi connectivity index (χ2v) is 23.9. The second kappa shape index (κ2) is 49.2. The highest BCUT2D eigenvalue weighted by atomic mass is 16.8. The van der Waals surface area contributed by atoms with E-state index in [9.17, 15) is 61.0 Å². The van der Waals surface area contributed by atoms with Crippen molar-refractivity contribution in [3.05, 3.63) is 60.8 Å². The summed E-state index contributed by atoms with van der Waals surface area (Å²) in [6, 6.07) is -0.920. The molecule has 0 aromatic heterocycles. The number of hydrogen-bond donors (Lipinski definition) is 12. The number of carbonyl (C=O) groups is 1. The molecule has 3 aliphatic rings. The number of carbonyl (C=O) groups excluding carboxylic acids is 1. The van der Waals surface area contributed by atoms with Gasteiger partial charge in [-0.1, -0.05) is 229 Å². The van der Waals surface area contributed by atoms with Crippen molar-refractivity contribution in [1.29, 1.82) is 0 Å². The monoisotopic (exact) mass is 1230 g/mol. The van der Waals surface area contributed by atoms with Crippen molar-refractivity contribution in [3.63, 3.8) is 0 Å². The predicted molar refractivity (Wildman–Crippen MR) is 332 cm³/mol. The second-order valence-electron chi connectivity index (χ2n) is 23.9. The zero-order valence-corrected chi connectivity index (χ0v) is 52.5. The van der Waals surface area contributed by atoms with Gasteiger partial charge in [0.2, 0.25) is 5.91 Å². The van der Waals surface area contributed by atoms with Crippen LogP contribution in [0.4, 0.5) is 0 Å². The summed E-state index contributed by atoms with van der Waals surface area (Å²) in [6.45, 7) is 1.65. The van der Waals surface area contributed by atoms with Crippen LogP contribution < -0.4 is 5.32 Å². The van der Waals surface area contributed by atoms with Gasteiger partial charge in [-0.25, -0.2) is 0 Å². The Balaban J connectivity index is 1.46. The fourth-order valence-corrected chi connectivity index (χ4v) is 11.2. The van der Waals surface area contributed by atoms with Crippen LogP contribution in [0, 0.1) is 0 Å². The lowest BCUT2D eigenvalue weighted by Crippen LogP contribution is -2.66. The number of aliphatic hydroxyl groups is 11. The quantitative estimate of drug-likeness (QED) is 0.0203. The maximum atomic E-state index is 13.4. The van der Waals surface area contributed by atoms with Gasteiger partial charge in [0, 0.05) is 6.42 Å². The Labute approximate surface area is 515 Å². The highest BCUT2D eigenvalue weighted by Crippen LogP contribution is 2.33. The van der Waals surface area contributed by atoms with E-state index in [0.717, 1.165) is 51.4 Å². The van der Waals surface area contributed by atoms with Crippen LogP contribution >= 0.6 is 0 Å². The summed E-state index contributed by atoms with van der Waals surface area (Å²) in [6.07, 6.45) is 31.7. The summed E-state index contributed by atoms with van der Waals surface area (Å²) in [5.74, 6) is -0.299. The van der Waals surface area contributed by atoms with E-state index < -0.39 is 124 Å². The average Bonchev–Trinajstić information content (AvgIpc) is 2.24. The highest BCUT2D eigenvalue weighted by Gasteiger charge is 2.53. The molecule has 86 heavy (non-hydrogen) atoms. The van der Waals surface area contributed by atoms with Crippen LogP contribution in [-0.4, -0.2) is 193 Å². The SMILES string of the molecule is CC/C=C\C/C=C\C/C=C\C/C=C\C/C=C\CCCC(=O)NC(COC1OC(CO)C(OC2OC(CO)C(OC3OC(CO)C(O)C(O)C3O)C(O)C2O)C(O)C1O)C(O)CCCCCCCCCCCCCCCCCCCCCCCCCC. The summed E-state index contributed by atoms with van der Waals surface area (Å²) in [5, 5.41) is 121. The largest absolute Gasteiger partial charge is 0.394 e. The lowest BCUT2D eigenvalue weighted by atomic mass is 9.96. The van der Waals surface area contributed by atoms with Crippen molar-refractivity contribution >= 4 is 5.91 Å². The average molecular weight is 1230 g/mol. The maximum Gasteiger partial charge on any atom is 0.220 e. The molecule has 3 aliphatic heterocycles. The molecule has 500 valence electrons. The van der Waals surface area contributed by atoms with Crippen molar-refractivity contribution in [3.8, 4) is 0 Å². The van der Waals surface area contributed by atoms with E-state index in [0.29, 0.717) is 25.7 Å². The van der Waals surface area contributed by atoms with Gasteiger partial charge in [0.25, 0.3) is 0 Å². The van der Waals surface area contributed by atoms with E-state index in [1.54, 1.807) is 0 Å². The van der Waals surface area contributed by atoms with Gasteiger partial charge in [-0.15, -0.1) is 0 Å². The molecule has 0 aliphatic carbocycles. The van der Waals surface area contributed by atoms with E-state index in [1.807, 2.05) is 6.08 Å². The number of amides is 1. The normalized spacial score (nSPS) is 29.2. The van der Waals surface area contributed by atoms with E-state index in [2.05, 4.69) is 73.8 Å². The minimum atomic E-state index is -1.98. The van der Waals surface area contributed by atoms with Crippen LogP contribution in [-0.2, 0) is 33.2 Å². The van der Waals surface area contributed by atoms with E-state index in [-0.39, 0.29) is 18.9 Å². The number of aliphatic hydroxyl groups excluding tert-OH is 11. The molecule has 0 bridgehead atoms. The topological polar surface area (TPSA) is 307 Å². The summed E-state index contributed by atoms with van der Waals surface area (Å²) >= 11 is 0. The summed E-state index contributed by atoms with van der Waals surface area (Å²) in [5.41, 5.74) is 0. The molecule has 17 unspecified atom stereocenters. The van der Waals surface area contributed by atoms with Crippen LogP contribution in [0.2, 0.25) is 0 Å². The summed E-state index contributed by atoms with van der Waals surface area (Å²) < 4.78 is 34.3. The molecule has 19 heteroatoms. The number of nitrogens with one attached hydrogen (secondary N) is 1. The van der Waals surface area contributed by atoms with Crippen molar-refractivity contribution in [2.75, 3.05) is 26.4 Å². The first kappa shape index (κ1) is 77.7. The molecule has 3 saturated heterocycles. The number of rotatable bonds is 50. The highest BCUT2D eigenvalue weighted by molar-refractivity contribution is 5.76. The molecule has 0 saturated carbocycles. The van der Waals surface area contributed by atoms with Gasteiger partial charge in [0.1, 0.15) is 73.2 Å². The van der Waals surface area contributed by atoms with Crippen molar-refractivity contribution < 1.29 is 89.4 Å². The molecule has 0 aromatic carbocycles. The first-order chi connectivity index (χ1) is 41.8. The zero-order valence-electron chi connectivity index (χ0n) is 52.5. The van der Waals surface area contributed by atoms with Gasteiger partial charge < -0.3 is 89.9 Å². The molecule has 0 spiro atoms. The van der Waals surface area contributed by atoms with Crippen LogP contribution in [0.15, 0.2) is 60.8 Å². The lowest BCUT2D eigenvalue weighted by molar-refractivity contribution is -0.379. The Morgan fingerprint density at radius 3 is 1.21 bits per heavy atom. The molecule has 3 heterocycles. The van der Waals surface area contributed by atoms with Gasteiger partial charge >= 0.3 is 0 Å². The van der Waals surface area contributed by atoms with Gasteiger partial charge in [-0.05, 0) is 51.4 Å². The zero-order chi connectivity index (χ0) is 62.6. The first-order valence-corrected chi connectivity index (χ1v) is 33.5. The van der Waals surface area contributed by atoms with Crippen molar-refractivity contribution in [1.82, 2.24) is 5.32 Å². The minimum absolute atomic E-state index is 0.186. The molecule has 17 atom stereocenters. The molecular weight excluding hydrogens is 1110 g/mol. The Morgan fingerprint density at radius 2 is 0.791 bits per heavy atom. The molecule has 0 aromatic rings. The Kier molecular flexibility index (Phi) is 44.5. The Morgan fingerprint density at radius 1 is 0.430 bits per heavy atom. The number of allylic oxidation sites excluding steroid dienone is 10. The molecule has 1 amide bonds. The molecule has 0 radical (unpaired) electrons. The van der Waals surface area contributed by atoms with Gasteiger partial charge in [-0.3, -0.25) is 4.79 Å². The van der Waals surface area contributed by atoms with Gasteiger partial charge in [0.05, 0.1) is 38.6 Å². The third-order valence-electron chi connectivity index (χ3n) is 16.6. The number of ether oxygens (including phenoxy) is 6. The molecule has 12 N–H and O–H groups in total. The van der Waals surface area contributed by atoms with E-state index in [1.165, 1.54) is 128 Å².